The average Bonchev–Trinajstić information content (AvgIpc) is 2.52. The molecule has 2 heterocycles. The zero-order chi connectivity index (χ0) is 12.5. The molecule has 0 aliphatic carbocycles. The molecule has 2 atom stereocenters. The van der Waals surface area contributed by atoms with Crippen molar-refractivity contribution in [3.8, 4) is 0 Å². The molecule has 2 rings (SSSR count). The largest absolute Gasteiger partial charge is 0.310 e. The summed E-state index contributed by atoms with van der Waals surface area (Å²) in [5, 5.41) is 4.94. The van der Waals surface area contributed by atoms with Gasteiger partial charge in [-0.3, -0.25) is 4.90 Å². The molecule has 0 spiro atoms. The van der Waals surface area contributed by atoms with Crippen molar-refractivity contribution >= 4 is 9.84 Å². The Balaban J connectivity index is 2.08. The van der Waals surface area contributed by atoms with E-state index in [1.54, 1.807) is 0 Å². The molecule has 0 aromatic carbocycles. The van der Waals surface area contributed by atoms with E-state index in [1.807, 2.05) is 6.08 Å². The maximum Gasteiger partial charge on any atom is 0.173 e. The van der Waals surface area contributed by atoms with E-state index < -0.39 is 9.84 Å². The van der Waals surface area contributed by atoms with Crippen molar-refractivity contribution in [1.29, 1.82) is 0 Å². The first kappa shape index (κ1) is 13.1. The summed E-state index contributed by atoms with van der Waals surface area (Å²) in [4.78, 5) is 2.31. The molecule has 17 heavy (non-hydrogen) atoms. The summed E-state index contributed by atoms with van der Waals surface area (Å²) < 4.78 is 22.9. The van der Waals surface area contributed by atoms with Crippen LogP contribution in [0.15, 0.2) is 11.5 Å². The van der Waals surface area contributed by atoms with Gasteiger partial charge in [0.05, 0.1) is 5.75 Å². The molecule has 0 radical (unpaired) electrons. The van der Waals surface area contributed by atoms with Crippen LogP contribution < -0.4 is 5.32 Å². The molecule has 2 unspecified atom stereocenters. The van der Waals surface area contributed by atoms with Crippen molar-refractivity contribution in [2.75, 3.05) is 25.4 Å². The van der Waals surface area contributed by atoms with Crippen LogP contribution in [0.2, 0.25) is 0 Å². The molecule has 1 N–H and O–H groups in total. The van der Waals surface area contributed by atoms with Crippen molar-refractivity contribution in [2.45, 2.75) is 38.3 Å². The summed E-state index contributed by atoms with van der Waals surface area (Å²) in [7, 11) is -2.94. The Kier molecular flexibility index (Phi) is 3.61. The van der Waals surface area contributed by atoms with Crippen LogP contribution in [0.25, 0.3) is 0 Å². The molecule has 98 valence electrons. The lowest BCUT2D eigenvalue weighted by Crippen LogP contribution is -2.51. The van der Waals surface area contributed by atoms with Gasteiger partial charge in [-0.2, -0.15) is 0 Å². The number of sulfone groups is 1. The molecule has 1 saturated heterocycles. The van der Waals surface area contributed by atoms with Gasteiger partial charge in [0.15, 0.2) is 9.84 Å². The maximum atomic E-state index is 11.5. The number of rotatable bonds is 2. The van der Waals surface area contributed by atoms with E-state index in [1.165, 1.54) is 5.41 Å². The van der Waals surface area contributed by atoms with E-state index in [-0.39, 0.29) is 17.3 Å². The van der Waals surface area contributed by atoms with Crippen LogP contribution >= 0.6 is 0 Å². The Morgan fingerprint density at radius 2 is 2.29 bits per heavy atom. The van der Waals surface area contributed by atoms with Crippen LogP contribution in [-0.2, 0) is 9.84 Å². The fourth-order valence-electron chi connectivity index (χ4n) is 2.56. The van der Waals surface area contributed by atoms with E-state index in [0.717, 1.165) is 32.5 Å². The fourth-order valence-corrected chi connectivity index (χ4v) is 3.89. The van der Waals surface area contributed by atoms with Gasteiger partial charge < -0.3 is 5.32 Å². The minimum Gasteiger partial charge on any atom is -0.310 e. The van der Waals surface area contributed by atoms with Gasteiger partial charge >= 0.3 is 0 Å². The van der Waals surface area contributed by atoms with Crippen LogP contribution in [0.5, 0.6) is 0 Å². The van der Waals surface area contributed by atoms with Gasteiger partial charge in [-0.15, -0.1) is 0 Å². The summed E-state index contributed by atoms with van der Waals surface area (Å²) in [6.45, 7) is 7.32. The van der Waals surface area contributed by atoms with E-state index in [0.29, 0.717) is 0 Å². The second-order valence-corrected chi connectivity index (χ2v) is 7.32. The third kappa shape index (κ3) is 3.09. The second kappa shape index (κ2) is 4.71. The highest BCUT2D eigenvalue weighted by Crippen LogP contribution is 2.21. The summed E-state index contributed by atoms with van der Waals surface area (Å²) in [5.41, 5.74) is 0.108. The van der Waals surface area contributed by atoms with Crippen LogP contribution in [0, 0.1) is 0 Å². The molecule has 0 amide bonds. The summed E-state index contributed by atoms with van der Waals surface area (Å²) >= 11 is 0. The number of nitrogens with one attached hydrogen (secondary N) is 1. The van der Waals surface area contributed by atoms with E-state index in [2.05, 4.69) is 24.1 Å². The molecule has 2 aliphatic heterocycles. The highest BCUT2D eigenvalue weighted by atomic mass is 32.2. The lowest BCUT2D eigenvalue weighted by molar-refractivity contribution is 0.194. The smallest absolute Gasteiger partial charge is 0.173 e. The molecule has 4 nitrogen and oxygen atoms in total. The van der Waals surface area contributed by atoms with Gasteiger partial charge in [0.1, 0.15) is 0 Å². The van der Waals surface area contributed by atoms with Crippen molar-refractivity contribution in [2.24, 2.45) is 0 Å². The standard InChI is InChI=1S/C12H22N2O2S/c1-3-12(2)10-14(7-4-6-13-12)11-5-8-17(15,16)9-11/h5,8,11,13H,3-4,6-7,9-10H2,1-2H3. The summed E-state index contributed by atoms with van der Waals surface area (Å²) in [5.74, 6) is 0.257. The second-order valence-electron chi connectivity index (χ2n) is 5.39. The monoisotopic (exact) mass is 258 g/mol. The number of hydrogen-bond acceptors (Lipinski definition) is 4. The van der Waals surface area contributed by atoms with Gasteiger partial charge in [-0.1, -0.05) is 13.0 Å². The Hall–Kier alpha value is -0.390. The normalized spacial score (nSPS) is 38.1. The zero-order valence-electron chi connectivity index (χ0n) is 10.6. The third-order valence-corrected chi connectivity index (χ3v) is 5.26. The van der Waals surface area contributed by atoms with Gasteiger partial charge in [0, 0.05) is 30.1 Å². The van der Waals surface area contributed by atoms with Crippen LogP contribution in [-0.4, -0.2) is 50.3 Å². The lowest BCUT2D eigenvalue weighted by atomic mass is 9.98. The first-order valence-electron chi connectivity index (χ1n) is 6.34. The third-order valence-electron chi connectivity index (χ3n) is 3.89. The van der Waals surface area contributed by atoms with Crippen LogP contribution in [0.3, 0.4) is 0 Å². The SMILES string of the molecule is CCC1(C)CN(C2C=CS(=O)(=O)C2)CCCN1. The van der Waals surface area contributed by atoms with Gasteiger partial charge in [0.2, 0.25) is 0 Å². The molecule has 5 heteroatoms. The first-order valence-corrected chi connectivity index (χ1v) is 8.06. The van der Waals surface area contributed by atoms with Crippen molar-refractivity contribution < 1.29 is 8.42 Å². The first-order chi connectivity index (χ1) is 7.94. The van der Waals surface area contributed by atoms with E-state index in [4.69, 9.17) is 0 Å². The Morgan fingerprint density at radius 3 is 2.88 bits per heavy atom. The highest BCUT2D eigenvalue weighted by molar-refractivity contribution is 7.94. The van der Waals surface area contributed by atoms with Gasteiger partial charge in [0.25, 0.3) is 0 Å². The lowest BCUT2D eigenvalue weighted by Gasteiger charge is -2.35. The molecule has 0 aromatic heterocycles. The number of nitrogens with zero attached hydrogens (tertiary/aromatic N) is 1. The molecule has 0 saturated carbocycles. The Morgan fingerprint density at radius 1 is 1.53 bits per heavy atom. The summed E-state index contributed by atoms with van der Waals surface area (Å²) in [6.07, 6.45) is 3.99. The molecule has 0 bridgehead atoms. The quantitative estimate of drug-likeness (QED) is 0.794. The minimum atomic E-state index is -2.94. The fraction of sp³-hybridized carbons (Fsp3) is 0.833. The van der Waals surface area contributed by atoms with Crippen LogP contribution in [0.1, 0.15) is 26.7 Å². The molecular weight excluding hydrogens is 236 g/mol. The van der Waals surface area contributed by atoms with Crippen molar-refractivity contribution in [3.05, 3.63) is 11.5 Å². The molecular formula is C12H22N2O2S. The van der Waals surface area contributed by atoms with E-state index in [9.17, 15) is 8.42 Å². The Bertz CT molecular complexity index is 405. The summed E-state index contributed by atoms with van der Waals surface area (Å²) in [6, 6.07) is 0.0748. The van der Waals surface area contributed by atoms with Crippen LogP contribution in [0.4, 0.5) is 0 Å². The zero-order valence-corrected chi connectivity index (χ0v) is 11.5. The Labute approximate surface area is 104 Å². The van der Waals surface area contributed by atoms with E-state index >= 15 is 0 Å². The predicted octanol–water partition coefficient (Wildman–Crippen LogP) is 0.761. The van der Waals surface area contributed by atoms with Crippen molar-refractivity contribution in [3.63, 3.8) is 0 Å². The topological polar surface area (TPSA) is 49.4 Å². The average molecular weight is 258 g/mol. The number of hydrogen-bond donors (Lipinski definition) is 1. The molecule has 0 aromatic rings. The van der Waals surface area contributed by atoms with Crippen molar-refractivity contribution in [1.82, 2.24) is 10.2 Å². The predicted molar refractivity (Wildman–Crippen MR) is 69.6 cm³/mol. The molecule has 1 fully saturated rings. The van der Waals surface area contributed by atoms with Gasteiger partial charge in [-0.25, -0.2) is 8.42 Å². The highest BCUT2D eigenvalue weighted by Gasteiger charge is 2.33. The maximum absolute atomic E-state index is 11.5. The minimum absolute atomic E-state index is 0.0748. The van der Waals surface area contributed by atoms with Gasteiger partial charge in [-0.05, 0) is 26.3 Å². The molecule has 2 aliphatic rings.